The zero-order chi connectivity index (χ0) is 42.2. The molecular weight excluding hydrogens is 761 g/mol. The number of methoxy groups -OCH3 is 1. The summed E-state index contributed by atoms with van der Waals surface area (Å²) >= 11 is 0. The lowest BCUT2D eigenvalue weighted by molar-refractivity contribution is 0.0114. The summed E-state index contributed by atoms with van der Waals surface area (Å²) in [4.78, 5) is 10.8. The van der Waals surface area contributed by atoms with Gasteiger partial charge in [-0.1, -0.05) is 115 Å². The van der Waals surface area contributed by atoms with Crippen molar-refractivity contribution in [3.63, 3.8) is 0 Å². The Kier molecular flexibility index (Phi) is 20.1. The first-order chi connectivity index (χ1) is 30.1. The maximum Gasteiger partial charge on any atom is 0.119 e. The van der Waals surface area contributed by atoms with Gasteiger partial charge in [0.1, 0.15) is 18.1 Å². The lowest BCUT2D eigenvalue weighted by atomic mass is 10.0. The normalized spacial score (nSPS) is 16.5. The molecule has 1 atom stereocenters. The fourth-order valence-electron chi connectivity index (χ4n) is 7.89. The van der Waals surface area contributed by atoms with E-state index in [2.05, 4.69) is 159 Å². The SMILES string of the molecule is CCOCCOCCOCCOc1ccc(C[C@H]2CN(Cc3ccc(OC)cc3)CCN(Cc3ccccc3)CCN(Cc3ccccc3)CCN2Cc2ccccc2)cc1. The highest BCUT2D eigenvalue weighted by atomic mass is 16.6. The largest absolute Gasteiger partial charge is 0.497 e. The predicted octanol–water partition coefficient (Wildman–Crippen LogP) is 8.08. The van der Waals surface area contributed by atoms with Crippen molar-refractivity contribution < 1.29 is 23.7 Å². The van der Waals surface area contributed by atoms with Gasteiger partial charge in [-0.3, -0.25) is 19.6 Å². The third kappa shape index (κ3) is 17.0. The third-order valence-electron chi connectivity index (χ3n) is 11.3. The van der Waals surface area contributed by atoms with Crippen molar-refractivity contribution in [3.8, 4) is 11.5 Å². The second-order valence-electron chi connectivity index (χ2n) is 15.8. The summed E-state index contributed by atoms with van der Waals surface area (Å²) in [6, 6.07) is 50.5. The van der Waals surface area contributed by atoms with Crippen LogP contribution in [0.5, 0.6) is 11.5 Å². The van der Waals surface area contributed by atoms with E-state index >= 15 is 0 Å². The summed E-state index contributed by atoms with van der Waals surface area (Å²) in [5, 5.41) is 0. The molecule has 0 aromatic heterocycles. The highest BCUT2D eigenvalue weighted by Gasteiger charge is 2.25. The Morgan fingerprint density at radius 1 is 0.426 bits per heavy atom. The van der Waals surface area contributed by atoms with E-state index in [9.17, 15) is 0 Å². The topological polar surface area (TPSA) is 59.1 Å². The summed E-state index contributed by atoms with van der Waals surface area (Å²) < 4.78 is 28.2. The zero-order valence-corrected chi connectivity index (χ0v) is 36.6. The second kappa shape index (κ2) is 26.7. The van der Waals surface area contributed by atoms with Gasteiger partial charge < -0.3 is 23.7 Å². The van der Waals surface area contributed by atoms with E-state index in [0.29, 0.717) is 46.2 Å². The van der Waals surface area contributed by atoms with Crippen LogP contribution in [-0.4, -0.2) is 125 Å². The van der Waals surface area contributed by atoms with Crippen LogP contribution in [0.2, 0.25) is 0 Å². The van der Waals surface area contributed by atoms with Gasteiger partial charge in [-0.25, -0.2) is 0 Å². The molecule has 0 saturated carbocycles. The van der Waals surface area contributed by atoms with Crippen LogP contribution < -0.4 is 9.47 Å². The minimum atomic E-state index is 0.259. The Morgan fingerprint density at radius 2 is 0.852 bits per heavy atom. The fourth-order valence-corrected chi connectivity index (χ4v) is 7.89. The molecule has 5 aromatic rings. The van der Waals surface area contributed by atoms with Gasteiger partial charge in [-0.05, 0) is 65.4 Å². The fraction of sp³-hybridized carbons (Fsp3) is 0.423. The Labute approximate surface area is 365 Å². The van der Waals surface area contributed by atoms with Crippen molar-refractivity contribution in [3.05, 3.63) is 167 Å². The van der Waals surface area contributed by atoms with Crippen molar-refractivity contribution in [2.45, 2.75) is 45.6 Å². The number of hydrogen-bond acceptors (Lipinski definition) is 9. The van der Waals surface area contributed by atoms with Gasteiger partial charge in [0.2, 0.25) is 0 Å². The van der Waals surface area contributed by atoms with Gasteiger partial charge in [-0.15, -0.1) is 0 Å². The van der Waals surface area contributed by atoms with Gasteiger partial charge in [0.15, 0.2) is 0 Å². The Hall–Kier alpha value is -4.58. The molecule has 0 N–H and O–H groups in total. The van der Waals surface area contributed by atoms with Crippen LogP contribution in [0.3, 0.4) is 0 Å². The van der Waals surface area contributed by atoms with Crippen LogP contribution in [0.1, 0.15) is 34.7 Å². The maximum atomic E-state index is 6.09. The molecule has 1 saturated heterocycles. The molecule has 326 valence electrons. The lowest BCUT2D eigenvalue weighted by Gasteiger charge is -2.39. The molecule has 61 heavy (non-hydrogen) atoms. The van der Waals surface area contributed by atoms with Crippen LogP contribution in [0.15, 0.2) is 140 Å². The first-order valence-electron chi connectivity index (χ1n) is 22.2. The van der Waals surface area contributed by atoms with Crippen LogP contribution in [0, 0.1) is 0 Å². The number of ether oxygens (including phenoxy) is 5. The highest BCUT2D eigenvalue weighted by molar-refractivity contribution is 5.29. The van der Waals surface area contributed by atoms with Crippen molar-refractivity contribution in [2.75, 3.05) is 99.2 Å². The number of benzene rings is 5. The van der Waals surface area contributed by atoms with E-state index in [0.717, 1.165) is 89.9 Å². The molecule has 9 heteroatoms. The molecule has 6 rings (SSSR count). The average Bonchev–Trinajstić information content (AvgIpc) is 3.30. The van der Waals surface area contributed by atoms with Crippen LogP contribution >= 0.6 is 0 Å². The highest BCUT2D eigenvalue weighted by Crippen LogP contribution is 2.21. The minimum Gasteiger partial charge on any atom is -0.497 e. The molecule has 9 nitrogen and oxygen atoms in total. The van der Waals surface area contributed by atoms with Gasteiger partial charge in [0.05, 0.1) is 40.1 Å². The van der Waals surface area contributed by atoms with E-state index in [1.807, 2.05) is 6.92 Å². The minimum absolute atomic E-state index is 0.259. The number of rotatable bonds is 22. The number of nitrogens with zero attached hydrogens (tertiary/aromatic N) is 4. The molecule has 5 aromatic carbocycles. The van der Waals surface area contributed by atoms with Crippen LogP contribution in [0.4, 0.5) is 0 Å². The standard InChI is InChI=1S/C52H68N4O5/c1-3-58-33-34-59-35-36-60-37-38-61-52-25-19-45(20-26-52)39-50-44-55(42-49-21-23-51(57-2)24-22-49)30-29-53(40-46-13-7-4-8-14-46)27-28-54(41-47-15-9-5-10-16-47)31-32-56(50)43-48-17-11-6-12-18-48/h4-26,50H,3,27-44H2,1-2H3/t50-/m0/s1. The number of hydrogen-bond donors (Lipinski definition) is 0. The maximum absolute atomic E-state index is 6.09. The summed E-state index contributed by atoms with van der Waals surface area (Å²) in [7, 11) is 1.73. The molecule has 1 heterocycles. The summed E-state index contributed by atoms with van der Waals surface area (Å²) in [6.45, 7) is 16.4. The molecule has 0 bridgehead atoms. The summed E-state index contributed by atoms with van der Waals surface area (Å²) in [5.74, 6) is 1.74. The Bertz CT molecular complexity index is 1870. The summed E-state index contributed by atoms with van der Waals surface area (Å²) in [6.07, 6.45) is 0.922. The molecule has 0 unspecified atom stereocenters. The lowest BCUT2D eigenvalue weighted by Crippen LogP contribution is -2.50. The van der Waals surface area contributed by atoms with E-state index < -0.39 is 0 Å². The first-order valence-corrected chi connectivity index (χ1v) is 22.2. The van der Waals surface area contributed by atoms with E-state index in [4.69, 9.17) is 23.7 Å². The van der Waals surface area contributed by atoms with E-state index in [-0.39, 0.29) is 6.04 Å². The second-order valence-corrected chi connectivity index (χ2v) is 15.8. The average molecular weight is 829 g/mol. The Balaban J connectivity index is 1.22. The molecule has 0 radical (unpaired) electrons. The van der Waals surface area contributed by atoms with Gasteiger partial charge in [-0.2, -0.15) is 0 Å². The van der Waals surface area contributed by atoms with E-state index in [1.54, 1.807) is 7.11 Å². The zero-order valence-electron chi connectivity index (χ0n) is 36.6. The van der Waals surface area contributed by atoms with E-state index in [1.165, 1.54) is 27.8 Å². The van der Waals surface area contributed by atoms with Crippen molar-refractivity contribution in [2.24, 2.45) is 0 Å². The third-order valence-corrected chi connectivity index (χ3v) is 11.3. The Morgan fingerprint density at radius 3 is 1.39 bits per heavy atom. The smallest absolute Gasteiger partial charge is 0.119 e. The first kappa shape index (κ1) is 45.9. The quantitative estimate of drug-likeness (QED) is 0.0646. The molecule has 1 aliphatic rings. The van der Waals surface area contributed by atoms with Gasteiger partial charge >= 0.3 is 0 Å². The van der Waals surface area contributed by atoms with Crippen molar-refractivity contribution >= 4 is 0 Å². The van der Waals surface area contributed by atoms with Crippen molar-refractivity contribution in [1.82, 2.24) is 19.6 Å². The molecule has 1 fully saturated rings. The predicted molar refractivity (Wildman–Crippen MR) is 246 cm³/mol. The molecule has 0 spiro atoms. The molecule has 1 aliphatic heterocycles. The van der Waals surface area contributed by atoms with Gasteiger partial charge in [0, 0.05) is 84.6 Å². The van der Waals surface area contributed by atoms with Gasteiger partial charge in [0.25, 0.3) is 0 Å². The molecular formula is C52H68N4O5. The van der Waals surface area contributed by atoms with Crippen LogP contribution in [0.25, 0.3) is 0 Å². The monoisotopic (exact) mass is 829 g/mol. The van der Waals surface area contributed by atoms with Crippen LogP contribution in [-0.2, 0) is 46.8 Å². The van der Waals surface area contributed by atoms with Crippen molar-refractivity contribution in [1.29, 1.82) is 0 Å². The molecule has 0 aliphatic carbocycles. The molecule has 0 amide bonds. The summed E-state index contributed by atoms with van der Waals surface area (Å²) in [5.41, 5.74) is 6.66.